The Balaban J connectivity index is 1.98. The minimum Gasteiger partial charge on any atom is -0.481 e. The monoisotopic (exact) mass is 321 g/mol. The van der Waals surface area contributed by atoms with E-state index in [9.17, 15) is 24.5 Å². The molecule has 0 saturated carbocycles. The first-order valence-corrected chi connectivity index (χ1v) is 6.92. The Bertz CT molecular complexity index is 652. The summed E-state index contributed by atoms with van der Waals surface area (Å²) >= 11 is 0. The summed E-state index contributed by atoms with van der Waals surface area (Å²) in [6, 6.07) is 5.46. The molecular weight excluding hydrogens is 306 g/mol. The molecule has 1 aliphatic heterocycles. The Morgan fingerprint density at radius 2 is 1.74 bits per heavy atom. The van der Waals surface area contributed by atoms with E-state index in [0.29, 0.717) is 0 Å². The number of piperazine rings is 1. The first kappa shape index (κ1) is 16.4. The number of benzene rings is 1. The van der Waals surface area contributed by atoms with Gasteiger partial charge in [0.25, 0.3) is 11.6 Å². The number of carbonyl (C=O) groups excluding carboxylic acids is 2. The zero-order valence-corrected chi connectivity index (χ0v) is 12.2. The number of amides is 2. The summed E-state index contributed by atoms with van der Waals surface area (Å²) in [5.41, 5.74) is 0.0515. The van der Waals surface area contributed by atoms with Gasteiger partial charge < -0.3 is 14.9 Å². The van der Waals surface area contributed by atoms with Crippen LogP contribution in [-0.2, 0) is 9.59 Å². The number of nitro groups is 1. The Morgan fingerprint density at radius 3 is 2.30 bits per heavy atom. The van der Waals surface area contributed by atoms with Gasteiger partial charge in [-0.25, -0.2) is 0 Å². The number of nitrogens with zero attached hydrogens (tertiary/aromatic N) is 3. The van der Waals surface area contributed by atoms with Crippen molar-refractivity contribution in [2.45, 2.75) is 6.42 Å². The van der Waals surface area contributed by atoms with Crippen molar-refractivity contribution in [3.63, 3.8) is 0 Å². The van der Waals surface area contributed by atoms with Gasteiger partial charge in [0.2, 0.25) is 5.91 Å². The van der Waals surface area contributed by atoms with E-state index >= 15 is 0 Å². The van der Waals surface area contributed by atoms with Crippen molar-refractivity contribution in [3.8, 4) is 0 Å². The molecule has 1 heterocycles. The lowest BCUT2D eigenvalue weighted by molar-refractivity contribution is -0.384. The summed E-state index contributed by atoms with van der Waals surface area (Å²) in [6.45, 7) is 0.999. The maximum atomic E-state index is 12.3. The van der Waals surface area contributed by atoms with Crippen LogP contribution in [0.1, 0.15) is 16.8 Å². The van der Waals surface area contributed by atoms with Gasteiger partial charge in [0.1, 0.15) is 6.42 Å². The Kier molecular flexibility index (Phi) is 4.89. The van der Waals surface area contributed by atoms with Crippen LogP contribution in [0.25, 0.3) is 0 Å². The number of hydrogen-bond acceptors (Lipinski definition) is 5. The summed E-state index contributed by atoms with van der Waals surface area (Å²) in [5, 5.41) is 19.4. The van der Waals surface area contributed by atoms with Crippen LogP contribution in [-0.4, -0.2) is 63.8 Å². The van der Waals surface area contributed by atoms with E-state index in [1.807, 2.05) is 0 Å². The van der Waals surface area contributed by atoms with E-state index < -0.39 is 23.2 Å². The molecule has 2 amide bonds. The summed E-state index contributed by atoms with van der Waals surface area (Å²) in [4.78, 5) is 47.6. The highest BCUT2D eigenvalue weighted by Crippen LogP contribution is 2.16. The van der Waals surface area contributed by atoms with Crippen LogP contribution in [0.4, 0.5) is 5.69 Å². The molecule has 0 unspecified atom stereocenters. The molecule has 1 aliphatic rings. The maximum absolute atomic E-state index is 12.3. The fraction of sp³-hybridized carbons (Fsp3) is 0.357. The van der Waals surface area contributed by atoms with Gasteiger partial charge in [-0.05, 0) is 6.07 Å². The second-order valence-corrected chi connectivity index (χ2v) is 5.05. The van der Waals surface area contributed by atoms with Gasteiger partial charge in [0, 0.05) is 43.9 Å². The van der Waals surface area contributed by atoms with E-state index in [4.69, 9.17) is 5.11 Å². The summed E-state index contributed by atoms with van der Waals surface area (Å²) < 4.78 is 0. The van der Waals surface area contributed by atoms with Crippen molar-refractivity contribution in [1.29, 1.82) is 0 Å². The molecule has 2 rings (SSSR count). The minimum absolute atomic E-state index is 0.161. The number of carbonyl (C=O) groups is 3. The first-order chi connectivity index (χ1) is 10.9. The third kappa shape index (κ3) is 4.02. The number of nitro benzene ring substituents is 1. The lowest BCUT2D eigenvalue weighted by atomic mass is 10.1. The van der Waals surface area contributed by atoms with Crippen LogP contribution in [0.2, 0.25) is 0 Å². The number of non-ortho nitro benzene ring substituents is 1. The molecule has 9 heteroatoms. The number of aliphatic carboxylic acids is 1. The molecule has 0 aromatic heterocycles. The molecule has 0 atom stereocenters. The predicted octanol–water partition coefficient (Wildman–Crippen LogP) is 0.354. The second kappa shape index (κ2) is 6.86. The lowest BCUT2D eigenvalue weighted by Crippen LogP contribution is -2.50. The SMILES string of the molecule is O=C(O)CC(=O)N1CCN(C(=O)c2cccc([N+](=O)[O-])c2)CC1. The Labute approximate surface area is 131 Å². The third-order valence-electron chi connectivity index (χ3n) is 3.53. The molecule has 9 nitrogen and oxygen atoms in total. The molecule has 1 aromatic rings. The molecule has 1 N–H and O–H groups in total. The van der Waals surface area contributed by atoms with Gasteiger partial charge in [-0.15, -0.1) is 0 Å². The van der Waals surface area contributed by atoms with E-state index in [1.165, 1.54) is 34.1 Å². The molecule has 0 aliphatic carbocycles. The van der Waals surface area contributed by atoms with Crippen LogP contribution in [0.5, 0.6) is 0 Å². The Morgan fingerprint density at radius 1 is 1.13 bits per heavy atom. The van der Waals surface area contributed by atoms with Crippen molar-refractivity contribution in [3.05, 3.63) is 39.9 Å². The molecule has 23 heavy (non-hydrogen) atoms. The third-order valence-corrected chi connectivity index (χ3v) is 3.53. The van der Waals surface area contributed by atoms with Gasteiger partial charge >= 0.3 is 5.97 Å². The predicted molar refractivity (Wildman–Crippen MR) is 77.8 cm³/mol. The van der Waals surface area contributed by atoms with Crippen molar-refractivity contribution < 1.29 is 24.4 Å². The Hall–Kier alpha value is -2.97. The molecule has 0 radical (unpaired) electrons. The fourth-order valence-electron chi connectivity index (χ4n) is 2.34. The van der Waals surface area contributed by atoms with Crippen molar-refractivity contribution in [2.75, 3.05) is 26.2 Å². The zero-order chi connectivity index (χ0) is 17.0. The van der Waals surface area contributed by atoms with Gasteiger partial charge in [0.15, 0.2) is 0 Å². The van der Waals surface area contributed by atoms with Crippen LogP contribution in [0.3, 0.4) is 0 Å². The molecule has 1 saturated heterocycles. The lowest BCUT2D eigenvalue weighted by Gasteiger charge is -2.34. The van der Waals surface area contributed by atoms with E-state index in [-0.39, 0.29) is 43.3 Å². The average Bonchev–Trinajstić information content (AvgIpc) is 2.53. The number of hydrogen-bond donors (Lipinski definition) is 1. The maximum Gasteiger partial charge on any atom is 0.312 e. The quantitative estimate of drug-likeness (QED) is 0.485. The topological polar surface area (TPSA) is 121 Å². The van der Waals surface area contributed by atoms with Gasteiger partial charge in [0.05, 0.1) is 4.92 Å². The van der Waals surface area contributed by atoms with Crippen molar-refractivity contribution >= 4 is 23.5 Å². The van der Waals surface area contributed by atoms with E-state index in [0.717, 1.165) is 0 Å². The van der Waals surface area contributed by atoms with E-state index in [1.54, 1.807) is 0 Å². The first-order valence-electron chi connectivity index (χ1n) is 6.92. The fourth-order valence-corrected chi connectivity index (χ4v) is 2.34. The summed E-state index contributed by atoms with van der Waals surface area (Å²) in [5.74, 6) is -2.02. The van der Waals surface area contributed by atoms with E-state index in [2.05, 4.69) is 0 Å². The normalized spacial score (nSPS) is 14.4. The average molecular weight is 321 g/mol. The van der Waals surface area contributed by atoms with Gasteiger partial charge in [-0.1, -0.05) is 6.07 Å². The van der Waals surface area contributed by atoms with Crippen LogP contribution < -0.4 is 0 Å². The number of rotatable bonds is 4. The highest BCUT2D eigenvalue weighted by Gasteiger charge is 2.26. The molecule has 0 spiro atoms. The van der Waals surface area contributed by atoms with Gasteiger partial charge in [-0.3, -0.25) is 24.5 Å². The zero-order valence-electron chi connectivity index (χ0n) is 12.2. The van der Waals surface area contributed by atoms with Crippen LogP contribution >= 0.6 is 0 Å². The summed E-state index contributed by atoms with van der Waals surface area (Å²) in [7, 11) is 0. The van der Waals surface area contributed by atoms with Crippen molar-refractivity contribution in [1.82, 2.24) is 9.80 Å². The molecule has 122 valence electrons. The molecular formula is C14H15N3O6. The van der Waals surface area contributed by atoms with Crippen LogP contribution in [0.15, 0.2) is 24.3 Å². The highest BCUT2D eigenvalue weighted by atomic mass is 16.6. The molecule has 0 bridgehead atoms. The molecule has 1 fully saturated rings. The second-order valence-electron chi connectivity index (χ2n) is 5.05. The number of carboxylic acid groups (broad SMARTS) is 1. The summed E-state index contributed by atoms with van der Waals surface area (Å²) in [6.07, 6.45) is -0.571. The minimum atomic E-state index is -1.19. The largest absolute Gasteiger partial charge is 0.481 e. The van der Waals surface area contributed by atoms with Crippen LogP contribution in [0, 0.1) is 10.1 Å². The molecule has 1 aromatic carbocycles. The number of carboxylic acids is 1. The highest BCUT2D eigenvalue weighted by molar-refractivity contribution is 5.95. The smallest absolute Gasteiger partial charge is 0.312 e. The van der Waals surface area contributed by atoms with Crippen molar-refractivity contribution in [2.24, 2.45) is 0 Å². The standard InChI is InChI=1S/C14H15N3O6/c18-12(9-13(19)20)15-4-6-16(7-5-15)14(21)10-2-1-3-11(8-10)17(22)23/h1-3,8H,4-7,9H2,(H,19,20). The van der Waals surface area contributed by atoms with Gasteiger partial charge in [-0.2, -0.15) is 0 Å².